The Morgan fingerprint density at radius 2 is 2.14 bits per heavy atom. The van der Waals surface area contributed by atoms with Crippen LogP contribution in [0.2, 0.25) is 0 Å². The summed E-state index contributed by atoms with van der Waals surface area (Å²) in [6.45, 7) is 5.93. The number of ether oxygens (including phenoxy) is 1. The molecule has 0 aliphatic heterocycles. The number of carbonyl (C=O) groups is 2. The van der Waals surface area contributed by atoms with Crippen LogP contribution in [0.3, 0.4) is 0 Å². The van der Waals surface area contributed by atoms with E-state index in [-0.39, 0.29) is 12.5 Å². The SMILES string of the molecule is CCOC(=O)CN(C=O)CP(C)(C)=S. The summed E-state index contributed by atoms with van der Waals surface area (Å²) in [7, 11) is 0. The number of hydrogen-bond acceptors (Lipinski definition) is 4. The van der Waals surface area contributed by atoms with Gasteiger partial charge in [0.15, 0.2) is 0 Å². The number of carbonyl (C=O) groups excluding carboxylic acids is 2. The molecule has 14 heavy (non-hydrogen) atoms. The van der Waals surface area contributed by atoms with Gasteiger partial charge in [-0.15, -0.1) is 0 Å². The number of hydrogen-bond donors (Lipinski definition) is 0. The lowest BCUT2D eigenvalue weighted by atomic mass is 10.6. The average Bonchev–Trinajstić information content (AvgIpc) is 2.01. The first-order valence-corrected chi connectivity index (χ1v) is 8.16. The number of nitrogens with zero attached hydrogens (tertiary/aromatic N) is 1. The van der Waals surface area contributed by atoms with Gasteiger partial charge in [0.1, 0.15) is 6.54 Å². The second kappa shape index (κ2) is 6.14. The van der Waals surface area contributed by atoms with E-state index in [1.54, 1.807) is 6.92 Å². The average molecular weight is 237 g/mol. The van der Waals surface area contributed by atoms with E-state index in [2.05, 4.69) is 0 Å². The molecule has 4 nitrogen and oxygen atoms in total. The molecule has 0 saturated heterocycles. The van der Waals surface area contributed by atoms with Gasteiger partial charge in [0.25, 0.3) is 0 Å². The second-order valence-corrected chi connectivity index (χ2v) is 9.77. The zero-order valence-electron chi connectivity index (χ0n) is 8.73. The number of amides is 1. The third-order valence-corrected chi connectivity index (χ3v) is 2.70. The first kappa shape index (κ1) is 13.6. The lowest BCUT2D eigenvalue weighted by molar-refractivity contribution is -0.145. The van der Waals surface area contributed by atoms with Gasteiger partial charge < -0.3 is 9.64 Å². The minimum atomic E-state index is -1.49. The highest BCUT2D eigenvalue weighted by atomic mass is 32.4. The van der Waals surface area contributed by atoms with Gasteiger partial charge in [0.2, 0.25) is 6.41 Å². The molecule has 0 fully saturated rings. The summed E-state index contributed by atoms with van der Waals surface area (Å²) in [5.74, 6) is -0.386. The van der Waals surface area contributed by atoms with E-state index in [4.69, 9.17) is 16.5 Å². The van der Waals surface area contributed by atoms with Crippen LogP contribution in [-0.4, -0.2) is 50.0 Å². The van der Waals surface area contributed by atoms with Gasteiger partial charge in [0.05, 0.1) is 6.61 Å². The van der Waals surface area contributed by atoms with E-state index in [0.717, 1.165) is 0 Å². The van der Waals surface area contributed by atoms with Crippen molar-refractivity contribution < 1.29 is 14.3 Å². The van der Waals surface area contributed by atoms with Crippen molar-refractivity contribution in [2.24, 2.45) is 0 Å². The maximum atomic E-state index is 11.1. The molecular weight excluding hydrogens is 221 g/mol. The van der Waals surface area contributed by atoms with E-state index < -0.39 is 6.04 Å². The first-order valence-electron chi connectivity index (χ1n) is 4.28. The van der Waals surface area contributed by atoms with Gasteiger partial charge in [-0.05, 0) is 26.3 Å². The molecule has 0 spiro atoms. The molecule has 0 aromatic carbocycles. The Balaban J connectivity index is 4.10. The van der Waals surface area contributed by atoms with Crippen molar-refractivity contribution in [2.45, 2.75) is 6.92 Å². The molecule has 0 saturated carbocycles. The molecule has 0 aliphatic carbocycles. The predicted molar refractivity (Wildman–Crippen MR) is 60.4 cm³/mol. The highest BCUT2D eigenvalue weighted by molar-refractivity contribution is 8.13. The van der Waals surface area contributed by atoms with Crippen LogP contribution in [0.4, 0.5) is 0 Å². The fourth-order valence-corrected chi connectivity index (χ4v) is 2.42. The molecule has 0 radical (unpaired) electrons. The van der Waals surface area contributed by atoms with Crippen LogP contribution in [0.15, 0.2) is 0 Å². The van der Waals surface area contributed by atoms with Crippen LogP contribution in [0.25, 0.3) is 0 Å². The Morgan fingerprint density at radius 3 is 2.50 bits per heavy atom. The van der Waals surface area contributed by atoms with Gasteiger partial charge in [-0.2, -0.15) is 0 Å². The zero-order chi connectivity index (χ0) is 11.2. The molecule has 0 heterocycles. The molecule has 0 rings (SSSR count). The maximum Gasteiger partial charge on any atom is 0.325 e. The van der Waals surface area contributed by atoms with E-state index in [9.17, 15) is 9.59 Å². The normalized spacial score (nSPS) is 10.8. The first-order chi connectivity index (χ1) is 6.39. The highest BCUT2D eigenvalue weighted by Gasteiger charge is 2.13. The molecule has 6 heteroatoms. The van der Waals surface area contributed by atoms with Crippen molar-refractivity contribution >= 4 is 30.2 Å². The third-order valence-electron chi connectivity index (χ3n) is 1.31. The highest BCUT2D eigenvalue weighted by Crippen LogP contribution is 2.36. The molecular formula is C8H16NO3PS. The Bertz CT molecular complexity index is 251. The predicted octanol–water partition coefficient (Wildman–Crippen LogP) is 0.704. The molecule has 0 aliphatic rings. The molecule has 0 aromatic rings. The Kier molecular flexibility index (Phi) is 5.96. The van der Waals surface area contributed by atoms with Crippen LogP contribution in [0.5, 0.6) is 0 Å². The minimum absolute atomic E-state index is 0.00257. The van der Waals surface area contributed by atoms with Crippen molar-refractivity contribution in [2.75, 3.05) is 32.8 Å². The minimum Gasteiger partial charge on any atom is -0.465 e. The molecule has 1 amide bonds. The van der Waals surface area contributed by atoms with Crippen molar-refractivity contribution in [3.63, 3.8) is 0 Å². The van der Waals surface area contributed by atoms with Crippen LogP contribution in [0, 0.1) is 0 Å². The maximum absolute atomic E-state index is 11.1. The van der Waals surface area contributed by atoms with Gasteiger partial charge >= 0.3 is 5.97 Å². The summed E-state index contributed by atoms with van der Waals surface area (Å²) < 4.78 is 4.73. The Hall–Kier alpha value is -0.410. The van der Waals surface area contributed by atoms with E-state index in [1.807, 2.05) is 13.3 Å². The van der Waals surface area contributed by atoms with Gasteiger partial charge in [0, 0.05) is 6.29 Å². The summed E-state index contributed by atoms with van der Waals surface area (Å²) >= 11 is 5.20. The van der Waals surface area contributed by atoms with Gasteiger partial charge in [-0.1, -0.05) is 11.8 Å². The van der Waals surface area contributed by atoms with E-state index >= 15 is 0 Å². The lowest BCUT2D eigenvalue weighted by Gasteiger charge is -2.20. The topological polar surface area (TPSA) is 46.6 Å². The number of esters is 1. The van der Waals surface area contributed by atoms with E-state index in [1.165, 1.54) is 4.90 Å². The van der Waals surface area contributed by atoms with Crippen LogP contribution >= 0.6 is 6.04 Å². The van der Waals surface area contributed by atoms with Crippen molar-refractivity contribution in [3.8, 4) is 0 Å². The van der Waals surface area contributed by atoms with Crippen molar-refractivity contribution in [3.05, 3.63) is 0 Å². The molecule has 0 N–H and O–H groups in total. The van der Waals surface area contributed by atoms with Gasteiger partial charge in [-0.25, -0.2) is 0 Å². The standard InChI is InChI=1S/C8H16NO3PS/c1-4-12-8(11)5-9(6-10)7-13(2,3)14/h6H,4-5,7H2,1-3H3. The lowest BCUT2D eigenvalue weighted by Crippen LogP contribution is -2.30. The van der Waals surface area contributed by atoms with Crippen molar-refractivity contribution in [1.29, 1.82) is 0 Å². The second-order valence-electron chi connectivity index (χ2n) is 3.37. The fourth-order valence-electron chi connectivity index (χ4n) is 0.931. The van der Waals surface area contributed by atoms with Crippen LogP contribution in [0.1, 0.15) is 6.92 Å². The fraction of sp³-hybridized carbons (Fsp3) is 0.750. The smallest absolute Gasteiger partial charge is 0.325 e. The summed E-state index contributed by atoms with van der Waals surface area (Å²) in [6, 6.07) is -1.49. The summed E-state index contributed by atoms with van der Waals surface area (Å²) in [4.78, 5) is 23.0. The summed E-state index contributed by atoms with van der Waals surface area (Å²) in [5, 5.41) is 0. The Labute approximate surface area is 89.6 Å². The Morgan fingerprint density at radius 1 is 1.57 bits per heavy atom. The molecule has 0 atom stereocenters. The van der Waals surface area contributed by atoms with Crippen LogP contribution < -0.4 is 0 Å². The largest absolute Gasteiger partial charge is 0.465 e. The van der Waals surface area contributed by atoms with Crippen molar-refractivity contribution in [1.82, 2.24) is 4.90 Å². The van der Waals surface area contributed by atoms with Crippen LogP contribution in [-0.2, 0) is 26.1 Å². The zero-order valence-corrected chi connectivity index (χ0v) is 10.4. The van der Waals surface area contributed by atoms with Gasteiger partial charge in [-0.3, -0.25) is 9.59 Å². The summed E-state index contributed by atoms with van der Waals surface area (Å²) in [6.07, 6.45) is 1.12. The van der Waals surface area contributed by atoms with E-state index in [0.29, 0.717) is 19.3 Å². The molecule has 82 valence electrons. The monoisotopic (exact) mass is 237 g/mol. The quantitative estimate of drug-likeness (QED) is 0.387. The number of rotatable bonds is 6. The summed E-state index contributed by atoms with van der Waals surface area (Å²) in [5.41, 5.74) is 0. The molecule has 0 bridgehead atoms. The molecule has 0 aromatic heterocycles. The molecule has 0 unspecified atom stereocenters. The third kappa shape index (κ3) is 7.04.